The molecule has 0 saturated heterocycles. The van der Waals surface area contributed by atoms with Crippen LogP contribution >= 0.6 is 0 Å². The van der Waals surface area contributed by atoms with E-state index < -0.39 is 6.04 Å². The highest BCUT2D eigenvalue weighted by molar-refractivity contribution is 5.93. The van der Waals surface area contributed by atoms with Crippen LogP contribution in [0.2, 0.25) is 0 Å². The monoisotopic (exact) mass is 285 g/mol. The SMILES string of the molecule is Cc1noc(NC(=O)[C@H](N)Cc2c[nH]c3ccccc23)n1. The van der Waals surface area contributed by atoms with Crippen molar-refractivity contribution in [3.63, 3.8) is 0 Å². The Morgan fingerprint density at radius 3 is 3.05 bits per heavy atom. The summed E-state index contributed by atoms with van der Waals surface area (Å²) in [5.41, 5.74) is 7.95. The zero-order chi connectivity index (χ0) is 14.8. The number of hydrogen-bond acceptors (Lipinski definition) is 5. The molecule has 7 nitrogen and oxygen atoms in total. The zero-order valence-corrected chi connectivity index (χ0v) is 11.5. The number of aryl methyl sites for hydroxylation is 1. The van der Waals surface area contributed by atoms with E-state index in [1.54, 1.807) is 6.92 Å². The van der Waals surface area contributed by atoms with Crippen LogP contribution in [0.25, 0.3) is 10.9 Å². The van der Waals surface area contributed by atoms with Crippen LogP contribution in [0.15, 0.2) is 35.0 Å². The minimum Gasteiger partial charge on any atom is -0.361 e. The van der Waals surface area contributed by atoms with Crippen molar-refractivity contribution in [2.45, 2.75) is 19.4 Å². The topological polar surface area (TPSA) is 110 Å². The molecule has 108 valence electrons. The number of carbonyl (C=O) groups is 1. The van der Waals surface area contributed by atoms with E-state index in [0.29, 0.717) is 12.2 Å². The number of amides is 1. The van der Waals surface area contributed by atoms with Gasteiger partial charge >= 0.3 is 6.01 Å². The van der Waals surface area contributed by atoms with E-state index >= 15 is 0 Å². The second-order valence-electron chi connectivity index (χ2n) is 4.81. The molecule has 0 saturated carbocycles. The maximum atomic E-state index is 12.0. The maximum Gasteiger partial charge on any atom is 0.328 e. The van der Waals surface area contributed by atoms with Crippen molar-refractivity contribution >= 4 is 22.8 Å². The molecule has 0 radical (unpaired) electrons. The van der Waals surface area contributed by atoms with E-state index in [1.165, 1.54) is 0 Å². The molecule has 2 aromatic heterocycles. The number of benzene rings is 1. The third kappa shape index (κ3) is 2.77. The lowest BCUT2D eigenvalue weighted by Gasteiger charge is -2.09. The third-order valence-corrected chi connectivity index (χ3v) is 3.21. The van der Waals surface area contributed by atoms with Gasteiger partial charge in [-0.3, -0.25) is 10.1 Å². The van der Waals surface area contributed by atoms with Gasteiger partial charge in [-0.05, 0) is 25.0 Å². The van der Waals surface area contributed by atoms with Gasteiger partial charge in [-0.2, -0.15) is 4.98 Å². The summed E-state index contributed by atoms with van der Waals surface area (Å²) in [6.45, 7) is 1.67. The second kappa shape index (κ2) is 5.37. The number of H-pyrrole nitrogens is 1. The van der Waals surface area contributed by atoms with Gasteiger partial charge in [0.2, 0.25) is 5.91 Å². The lowest BCUT2D eigenvalue weighted by molar-refractivity contribution is -0.117. The first-order valence-corrected chi connectivity index (χ1v) is 6.55. The van der Waals surface area contributed by atoms with Gasteiger partial charge in [0.05, 0.1) is 6.04 Å². The Hall–Kier alpha value is -2.67. The first-order valence-electron chi connectivity index (χ1n) is 6.55. The van der Waals surface area contributed by atoms with Gasteiger partial charge in [0.15, 0.2) is 5.82 Å². The quantitative estimate of drug-likeness (QED) is 0.670. The molecule has 2 heterocycles. The minimum atomic E-state index is -0.698. The van der Waals surface area contributed by atoms with E-state index in [0.717, 1.165) is 16.5 Å². The first kappa shape index (κ1) is 13.3. The highest BCUT2D eigenvalue weighted by Crippen LogP contribution is 2.19. The fourth-order valence-electron chi connectivity index (χ4n) is 2.18. The molecule has 7 heteroatoms. The van der Waals surface area contributed by atoms with Gasteiger partial charge in [-0.15, -0.1) is 0 Å². The lowest BCUT2D eigenvalue weighted by Crippen LogP contribution is -2.37. The third-order valence-electron chi connectivity index (χ3n) is 3.21. The maximum absolute atomic E-state index is 12.0. The number of aromatic amines is 1. The minimum absolute atomic E-state index is 0.0619. The van der Waals surface area contributed by atoms with Gasteiger partial charge in [-0.1, -0.05) is 23.4 Å². The summed E-state index contributed by atoms with van der Waals surface area (Å²) < 4.78 is 4.84. The number of nitrogens with zero attached hydrogens (tertiary/aromatic N) is 2. The number of hydrogen-bond donors (Lipinski definition) is 3. The van der Waals surface area contributed by atoms with Gasteiger partial charge in [-0.25, -0.2) is 0 Å². The second-order valence-corrected chi connectivity index (χ2v) is 4.81. The molecule has 1 atom stereocenters. The average molecular weight is 285 g/mol. The van der Waals surface area contributed by atoms with Crippen molar-refractivity contribution in [1.82, 2.24) is 15.1 Å². The summed E-state index contributed by atoms with van der Waals surface area (Å²) in [4.78, 5) is 19.1. The first-order chi connectivity index (χ1) is 10.1. The molecule has 0 fully saturated rings. The van der Waals surface area contributed by atoms with Crippen LogP contribution in [0.5, 0.6) is 0 Å². The molecule has 4 N–H and O–H groups in total. The van der Waals surface area contributed by atoms with Crippen molar-refractivity contribution in [3.8, 4) is 0 Å². The Morgan fingerprint density at radius 2 is 2.29 bits per heavy atom. The number of nitrogens with two attached hydrogens (primary N) is 1. The van der Waals surface area contributed by atoms with E-state index in [-0.39, 0.29) is 11.9 Å². The molecule has 1 amide bonds. The molecule has 0 bridgehead atoms. The molecule has 0 spiro atoms. The smallest absolute Gasteiger partial charge is 0.328 e. The Morgan fingerprint density at radius 1 is 1.48 bits per heavy atom. The molecule has 3 rings (SSSR count). The molecule has 0 aliphatic heterocycles. The molecule has 1 aromatic carbocycles. The largest absolute Gasteiger partial charge is 0.361 e. The number of nitrogens with one attached hydrogen (secondary N) is 2. The average Bonchev–Trinajstić information content (AvgIpc) is 3.06. The van der Waals surface area contributed by atoms with Crippen LogP contribution < -0.4 is 11.1 Å². The van der Waals surface area contributed by atoms with E-state index in [9.17, 15) is 4.79 Å². The molecule has 0 unspecified atom stereocenters. The van der Waals surface area contributed by atoms with Gasteiger partial charge in [0, 0.05) is 17.1 Å². The Balaban J connectivity index is 1.70. The number of aromatic nitrogens is 3. The molecule has 3 aromatic rings. The van der Waals surface area contributed by atoms with Crippen LogP contribution in [-0.2, 0) is 11.2 Å². The standard InChI is InChI=1S/C14H15N5O2/c1-8-17-14(21-19-8)18-13(20)11(15)6-9-7-16-12-5-3-2-4-10(9)12/h2-5,7,11,16H,6,15H2,1H3,(H,17,18,19,20)/t11-/m1/s1. The predicted octanol–water partition coefficient (Wildman–Crippen LogP) is 1.37. The number of fused-ring (bicyclic) bond motifs is 1. The summed E-state index contributed by atoms with van der Waals surface area (Å²) in [6.07, 6.45) is 2.29. The van der Waals surface area contributed by atoms with Crippen molar-refractivity contribution < 1.29 is 9.32 Å². The van der Waals surface area contributed by atoms with Crippen molar-refractivity contribution in [3.05, 3.63) is 41.9 Å². The zero-order valence-electron chi connectivity index (χ0n) is 11.5. The van der Waals surface area contributed by atoms with Crippen molar-refractivity contribution in [1.29, 1.82) is 0 Å². The summed E-state index contributed by atoms with van der Waals surface area (Å²) in [6, 6.07) is 7.24. The summed E-state index contributed by atoms with van der Waals surface area (Å²) in [5.74, 6) is 0.0967. The Kier molecular flexibility index (Phi) is 3.41. The van der Waals surface area contributed by atoms with E-state index in [4.69, 9.17) is 10.3 Å². The van der Waals surface area contributed by atoms with Crippen LogP contribution in [-0.4, -0.2) is 27.1 Å². The van der Waals surface area contributed by atoms with Crippen LogP contribution in [0.3, 0.4) is 0 Å². The normalized spacial score (nSPS) is 12.5. The van der Waals surface area contributed by atoms with E-state index in [2.05, 4.69) is 20.4 Å². The number of para-hydroxylation sites is 1. The summed E-state index contributed by atoms with van der Waals surface area (Å²) in [7, 11) is 0. The molecular formula is C14H15N5O2. The molecule has 0 aliphatic rings. The fourth-order valence-corrected chi connectivity index (χ4v) is 2.18. The van der Waals surface area contributed by atoms with Gasteiger partial charge < -0.3 is 15.2 Å². The highest BCUT2D eigenvalue weighted by atomic mass is 16.5. The molecular weight excluding hydrogens is 270 g/mol. The van der Waals surface area contributed by atoms with Gasteiger partial charge in [0.1, 0.15) is 0 Å². The van der Waals surface area contributed by atoms with Crippen molar-refractivity contribution in [2.75, 3.05) is 5.32 Å². The summed E-state index contributed by atoms with van der Waals surface area (Å²) >= 11 is 0. The Bertz CT molecular complexity index is 776. The number of rotatable bonds is 4. The van der Waals surface area contributed by atoms with Gasteiger partial charge in [0.25, 0.3) is 0 Å². The van der Waals surface area contributed by atoms with Crippen LogP contribution in [0.1, 0.15) is 11.4 Å². The predicted molar refractivity (Wildman–Crippen MR) is 77.6 cm³/mol. The number of carbonyl (C=O) groups excluding carboxylic acids is 1. The fraction of sp³-hybridized carbons (Fsp3) is 0.214. The van der Waals surface area contributed by atoms with Crippen LogP contribution in [0, 0.1) is 6.92 Å². The van der Waals surface area contributed by atoms with E-state index in [1.807, 2.05) is 30.5 Å². The summed E-state index contributed by atoms with van der Waals surface area (Å²) in [5, 5.41) is 7.17. The number of anilines is 1. The van der Waals surface area contributed by atoms with Crippen LogP contribution in [0.4, 0.5) is 6.01 Å². The Labute approximate surface area is 120 Å². The molecule has 21 heavy (non-hydrogen) atoms. The molecule has 0 aliphatic carbocycles. The highest BCUT2D eigenvalue weighted by Gasteiger charge is 2.18. The lowest BCUT2D eigenvalue weighted by atomic mass is 10.1. The van der Waals surface area contributed by atoms with Crippen molar-refractivity contribution in [2.24, 2.45) is 5.73 Å².